The molecule has 0 fully saturated rings. The molecule has 7 heteroatoms. The highest BCUT2D eigenvalue weighted by Crippen LogP contribution is 2.20. The van der Waals surface area contributed by atoms with Crippen LogP contribution in [0, 0.1) is 0 Å². The van der Waals surface area contributed by atoms with Crippen molar-refractivity contribution in [2.45, 2.75) is 25.4 Å². The maximum atomic E-state index is 12.6. The predicted octanol–water partition coefficient (Wildman–Crippen LogP) is 2.09. The Morgan fingerprint density at radius 3 is 2.59 bits per heavy atom. The SMILES string of the molecule is NCc1cccc(-c2nc(C(=O)NC(CCc3ccccc3)C(=O)CO)co2)c1. The molecule has 0 aliphatic rings. The molecule has 1 unspecified atom stereocenters. The van der Waals surface area contributed by atoms with E-state index in [9.17, 15) is 14.7 Å². The second-order valence-electron chi connectivity index (χ2n) is 6.62. The monoisotopic (exact) mass is 393 g/mol. The molecule has 7 nitrogen and oxygen atoms in total. The fraction of sp³-hybridized carbons (Fsp3) is 0.227. The van der Waals surface area contributed by atoms with E-state index < -0.39 is 24.3 Å². The first kappa shape index (κ1) is 20.4. The summed E-state index contributed by atoms with van der Waals surface area (Å²) in [6.45, 7) is -0.260. The summed E-state index contributed by atoms with van der Waals surface area (Å²) in [5.41, 5.74) is 8.38. The number of rotatable bonds is 9. The van der Waals surface area contributed by atoms with Crippen LogP contribution in [0.3, 0.4) is 0 Å². The lowest BCUT2D eigenvalue weighted by Crippen LogP contribution is -2.42. The first-order valence-electron chi connectivity index (χ1n) is 9.34. The van der Waals surface area contributed by atoms with Crippen molar-refractivity contribution in [3.05, 3.63) is 77.7 Å². The zero-order valence-electron chi connectivity index (χ0n) is 15.9. The van der Waals surface area contributed by atoms with E-state index >= 15 is 0 Å². The molecule has 0 aliphatic heterocycles. The van der Waals surface area contributed by atoms with Gasteiger partial charge in [0, 0.05) is 12.1 Å². The van der Waals surface area contributed by atoms with E-state index in [4.69, 9.17) is 10.2 Å². The molecule has 0 saturated heterocycles. The quantitative estimate of drug-likeness (QED) is 0.512. The fourth-order valence-electron chi connectivity index (χ4n) is 2.95. The summed E-state index contributed by atoms with van der Waals surface area (Å²) in [7, 11) is 0. The molecule has 0 saturated carbocycles. The number of aromatic nitrogens is 1. The third-order valence-corrected chi connectivity index (χ3v) is 4.56. The van der Waals surface area contributed by atoms with E-state index in [1.165, 1.54) is 6.26 Å². The van der Waals surface area contributed by atoms with Crippen LogP contribution in [0.2, 0.25) is 0 Å². The van der Waals surface area contributed by atoms with Gasteiger partial charge in [0.2, 0.25) is 5.89 Å². The lowest BCUT2D eigenvalue weighted by atomic mass is 10.0. The van der Waals surface area contributed by atoms with Crippen molar-refractivity contribution in [3.8, 4) is 11.5 Å². The number of hydrogen-bond acceptors (Lipinski definition) is 6. The third kappa shape index (κ3) is 5.37. The van der Waals surface area contributed by atoms with E-state index in [1.807, 2.05) is 54.6 Å². The Labute approximate surface area is 168 Å². The second kappa shape index (κ2) is 9.77. The van der Waals surface area contributed by atoms with Gasteiger partial charge in [0.15, 0.2) is 11.5 Å². The van der Waals surface area contributed by atoms with E-state index in [0.29, 0.717) is 30.8 Å². The van der Waals surface area contributed by atoms with Crippen molar-refractivity contribution in [3.63, 3.8) is 0 Å². The molecule has 4 N–H and O–H groups in total. The Hall–Kier alpha value is -3.29. The van der Waals surface area contributed by atoms with Gasteiger partial charge in [-0.15, -0.1) is 0 Å². The summed E-state index contributed by atoms with van der Waals surface area (Å²) in [5.74, 6) is -0.691. The largest absolute Gasteiger partial charge is 0.444 e. The number of Topliss-reactive ketones (excluding diaryl/α,β-unsaturated/α-hetero) is 1. The number of nitrogens with two attached hydrogens (primary N) is 1. The summed E-state index contributed by atoms with van der Waals surface area (Å²) >= 11 is 0. The van der Waals surface area contributed by atoms with Crippen LogP contribution >= 0.6 is 0 Å². The minimum atomic E-state index is -0.812. The van der Waals surface area contributed by atoms with Crippen LogP contribution in [-0.4, -0.2) is 34.4 Å². The van der Waals surface area contributed by atoms with Crippen LogP contribution in [0.4, 0.5) is 0 Å². The molecule has 1 amide bonds. The summed E-state index contributed by atoms with van der Waals surface area (Å²) in [6, 6.07) is 16.2. The molecular formula is C22H23N3O4. The standard InChI is InChI=1S/C22H23N3O4/c23-12-16-7-4-8-17(11-16)22-25-19(14-29-22)21(28)24-18(20(27)13-26)10-9-15-5-2-1-3-6-15/h1-8,11,14,18,26H,9-10,12-13,23H2,(H,24,28). The highest BCUT2D eigenvalue weighted by molar-refractivity contribution is 5.96. The maximum absolute atomic E-state index is 12.6. The number of aliphatic hydroxyl groups excluding tert-OH is 1. The van der Waals surface area contributed by atoms with Crippen molar-refractivity contribution in [2.75, 3.05) is 6.61 Å². The number of amides is 1. The van der Waals surface area contributed by atoms with Gasteiger partial charge in [-0.1, -0.05) is 42.5 Å². The first-order chi connectivity index (χ1) is 14.1. The summed E-state index contributed by atoms with van der Waals surface area (Å²) < 4.78 is 5.42. The number of aliphatic hydroxyl groups is 1. The number of carbonyl (C=O) groups excluding carboxylic acids is 2. The fourth-order valence-corrected chi connectivity index (χ4v) is 2.95. The third-order valence-electron chi connectivity index (χ3n) is 4.56. The van der Waals surface area contributed by atoms with Gasteiger partial charge in [-0.3, -0.25) is 9.59 Å². The van der Waals surface area contributed by atoms with Crippen LogP contribution < -0.4 is 11.1 Å². The molecule has 1 heterocycles. The van der Waals surface area contributed by atoms with E-state index in [-0.39, 0.29) is 5.69 Å². The molecule has 3 rings (SSSR count). The van der Waals surface area contributed by atoms with Gasteiger partial charge in [-0.25, -0.2) is 4.98 Å². The number of carbonyl (C=O) groups is 2. The molecule has 29 heavy (non-hydrogen) atoms. The Kier molecular flexibility index (Phi) is 6.89. The molecule has 0 aliphatic carbocycles. The van der Waals surface area contributed by atoms with Crippen molar-refractivity contribution in [1.82, 2.24) is 10.3 Å². The number of oxazole rings is 1. The molecule has 0 spiro atoms. The molecule has 150 valence electrons. The van der Waals surface area contributed by atoms with Gasteiger partial charge in [-0.2, -0.15) is 0 Å². The zero-order chi connectivity index (χ0) is 20.6. The number of ketones is 1. The van der Waals surface area contributed by atoms with E-state index in [1.54, 1.807) is 0 Å². The highest BCUT2D eigenvalue weighted by Gasteiger charge is 2.22. The van der Waals surface area contributed by atoms with Crippen molar-refractivity contribution >= 4 is 11.7 Å². The first-order valence-corrected chi connectivity index (χ1v) is 9.34. The van der Waals surface area contributed by atoms with Crippen LogP contribution in [0.25, 0.3) is 11.5 Å². The van der Waals surface area contributed by atoms with Gasteiger partial charge in [0.05, 0.1) is 6.04 Å². The predicted molar refractivity (Wildman–Crippen MR) is 108 cm³/mol. The van der Waals surface area contributed by atoms with Crippen molar-refractivity contribution < 1.29 is 19.1 Å². The topological polar surface area (TPSA) is 118 Å². The Bertz CT molecular complexity index is 969. The van der Waals surface area contributed by atoms with Crippen LogP contribution in [0.15, 0.2) is 65.3 Å². The molecule has 0 bridgehead atoms. The normalized spacial score (nSPS) is 11.8. The minimum absolute atomic E-state index is 0.0635. The smallest absolute Gasteiger partial charge is 0.273 e. The van der Waals surface area contributed by atoms with Crippen molar-refractivity contribution in [2.24, 2.45) is 5.73 Å². The average molecular weight is 393 g/mol. The van der Waals surface area contributed by atoms with Crippen LogP contribution in [0.1, 0.15) is 28.0 Å². The number of aryl methyl sites for hydroxylation is 1. The maximum Gasteiger partial charge on any atom is 0.273 e. The van der Waals surface area contributed by atoms with Crippen LogP contribution in [-0.2, 0) is 17.8 Å². The zero-order valence-corrected chi connectivity index (χ0v) is 15.9. The van der Waals surface area contributed by atoms with E-state index in [0.717, 1.165) is 11.1 Å². The summed E-state index contributed by atoms with van der Waals surface area (Å²) in [6.07, 6.45) is 2.21. The Morgan fingerprint density at radius 2 is 1.86 bits per heavy atom. The second-order valence-corrected chi connectivity index (χ2v) is 6.62. The summed E-state index contributed by atoms with van der Waals surface area (Å²) in [4.78, 5) is 28.9. The van der Waals surface area contributed by atoms with Gasteiger partial charge >= 0.3 is 0 Å². The van der Waals surface area contributed by atoms with Crippen molar-refractivity contribution in [1.29, 1.82) is 0 Å². The number of hydrogen-bond donors (Lipinski definition) is 3. The molecule has 1 atom stereocenters. The highest BCUT2D eigenvalue weighted by atomic mass is 16.3. The number of nitrogens with one attached hydrogen (secondary N) is 1. The average Bonchev–Trinajstić information content (AvgIpc) is 3.27. The Morgan fingerprint density at radius 1 is 1.10 bits per heavy atom. The number of nitrogens with zero attached hydrogens (tertiary/aromatic N) is 1. The van der Waals surface area contributed by atoms with E-state index in [2.05, 4.69) is 10.3 Å². The molecule has 1 aromatic heterocycles. The lowest BCUT2D eigenvalue weighted by Gasteiger charge is -2.16. The summed E-state index contributed by atoms with van der Waals surface area (Å²) in [5, 5.41) is 11.9. The van der Waals surface area contributed by atoms with Gasteiger partial charge in [-0.05, 0) is 36.1 Å². The van der Waals surface area contributed by atoms with Gasteiger partial charge in [0.1, 0.15) is 12.9 Å². The molecule has 0 radical (unpaired) electrons. The molecular weight excluding hydrogens is 370 g/mol. The van der Waals surface area contributed by atoms with Gasteiger partial charge < -0.3 is 20.6 Å². The lowest BCUT2D eigenvalue weighted by molar-refractivity contribution is -0.123. The minimum Gasteiger partial charge on any atom is -0.444 e. The number of benzene rings is 2. The molecule has 3 aromatic rings. The van der Waals surface area contributed by atoms with Crippen LogP contribution in [0.5, 0.6) is 0 Å². The molecule has 2 aromatic carbocycles. The van der Waals surface area contributed by atoms with Gasteiger partial charge in [0.25, 0.3) is 5.91 Å². The Balaban J connectivity index is 1.69.